The van der Waals surface area contributed by atoms with Crippen LogP contribution in [0.1, 0.15) is 61.3 Å². The second-order valence-corrected chi connectivity index (χ2v) is 33.8. The minimum atomic E-state index is -2.90. The van der Waals surface area contributed by atoms with E-state index in [1.165, 1.54) is 5.57 Å². The zero-order valence-corrected chi connectivity index (χ0v) is 34.1. The summed E-state index contributed by atoms with van der Waals surface area (Å²) in [5.41, 5.74) is 0.677. The van der Waals surface area contributed by atoms with Gasteiger partial charge in [0.15, 0.2) is 25.0 Å². The summed E-state index contributed by atoms with van der Waals surface area (Å²) >= 11 is 0. The zero-order chi connectivity index (χ0) is 33.4. The molecule has 1 aliphatic carbocycles. The normalized spacial score (nSPS) is 22.6. The van der Waals surface area contributed by atoms with Gasteiger partial charge in [-0.2, -0.15) is 0 Å². The molecule has 0 heterocycles. The predicted octanol–water partition coefficient (Wildman–Crippen LogP) is 10.1. The van der Waals surface area contributed by atoms with Gasteiger partial charge in [-0.1, -0.05) is 114 Å². The van der Waals surface area contributed by atoms with Crippen LogP contribution in [0.3, 0.4) is 0 Å². The average Bonchev–Trinajstić information content (AvgIpc) is 2.88. The van der Waals surface area contributed by atoms with Crippen molar-refractivity contribution in [1.82, 2.24) is 0 Å². The molecule has 0 aromatic heterocycles. The average molecular weight is 673 g/mol. The third-order valence-electron chi connectivity index (χ3n) is 10.2. The molecule has 0 radical (unpaired) electrons. The van der Waals surface area contributed by atoms with Crippen molar-refractivity contribution >= 4 is 42.7 Å². The number of hydrogen-bond donors (Lipinski definition) is 0. The minimum Gasteiger partial charge on any atom is -0.411 e. The van der Waals surface area contributed by atoms with Crippen LogP contribution in [0, 0.1) is 0 Å². The summed E-state index contributed by atoms with van der Waals surface area (Å²) in [6.07, 6.45) is 3.94. The van der Waals surface area contributed by atoms with Gasteiger partial charge in [0.2, 0.25) is 0 Å². The summed E-state index contributed by atoms with van der Waals surface area (Å²) in [6, 6.07) is 20.0. The Morgan fingerprint density at radius 2 is 1.09 bits per heavy atom. The van der Waals surface area contributed by atoms with Gasteiger partial charge in [0.25, 0.3) is 0 Å². The van der Waals surface area contributed by atoms with Gasteiger partial charge in [-0.25, -0.2) is 0 Å². The van der Waals surface area contributed by atoms with Crippen molar-refractivity contribution < 1.29 is 17.8 Å². The summed E-state index contributed by atoms with van der Waals surface area (Å²) in [5, 5.41) is 1.91. The van der Waals surface area contributed by atoms with E-state index in [-0.39, 0.29) is 22.3 Å². The first-order valence-electron chi connectivity index (χ1n) is 16.4. The Labute approximate surface area is 273 Å². The smallest absolute Gasteiger partial charge is 0.192 e. The molecule has 8 heteroatoms. The second kappa shape index (κ2) is 13.2. The second-order valence-electron chi connectivity index (χ2n) is 17.0. The first-order valence-corrected chi connectivity index (χ1v) is 27.5. The van der Waals surface area contributed by atoms with E-state index in [9.17, 15) is 4.57 Å². The molecule has 2 atom stereocenters. The van der Waals surface area contributed by atoms with Crippen molar-refractivity contribution in [3.05, 3.63) is 72.3 Å². The van der Waals surface area contributed by atoms with Gasteiger partial charge in [0.1, 0.15) is 12.7 Å². The molecule has 0 spiro atoms. The molecule has 0 saturated heterocycles. The van der Waals surface area contributed by atoms with Crippen molar-refractivity contribution in [2.24, 2.45) is 0 Å². The molecule has 44 heavy (non-hydrogen) atoms. The van der Waals surface area contributed by atoms with E-state index < -0.39 is 37.7 Å². The fourth-order valence-electron chi connectivity index (χ4n) is 5.47. The van der Waals surface area contributed by atoms with Crippen LogP contribution in [0.2, 0.25) is 55.9 Å². The highest BCUT2D eigenvalue weighted by Crippen LogP contribution is 2.49. The third kappa shape index (κ3) is 8.64. The molecule has 3 rings (SSSR count). The number of hydrogen-bond acceptors (Lipinski definition) is 4. The lowest BCUT2D eigenvalue weighted by atomic mass is 9.78. The molecule has 0 aliphatic heterocycles. The number of allylic oxidation sites excluding steroid dienone is 1. The molecule has 0 bridgehead atoms. The Kier molecular flexibility index (Phi) is 11.2. The lowest BCUT2D eigenvalue weighted by molar-refractivity contribution is -0.122. The van der Waals surface area contributed by atoms with Crippen molar-refractivity contribution in [1.29, 1.82) is 0 Å². The van der Waals surface area contributed by atoms with E-state index in [4.69, 9.17) is 13.3 Å². The van der Waals surface area contributed by atoms with Crippen LogP contribution in [-0.2, 0) is 17.8 Å². The quantitative estimate of drug-likeness (QED) is 0.143. The highest BCUT2D eigenvalue weighted by Gasteiger charge is 2.55. The third-order valence-corrected chi connectivity index (χ3v) is 23.2. The topological polar surface area (TPSA) is 44.8 Å². The largest absolute Gasteiger partial charge is 0.411 e. The number of benzene rings is 2. The van der Waals surface area contributed by atoms with E-state index in [0.29, 0.717) is 6.16 Å². The zero-order valence-electron chi connectivity index (χ0n) is 30.2. The maximum atomic E-state index is 14.9. The van der Waals surface area contributed by atoms with Gasteiger partial charge < -0.3 is 17.8 Å². The van der Waals surface area contributed by atoms with Crippen LogP contribution in [0.4, 0.5) is 0 Å². The van der Waals surface area contributed by atoms with Crippen LogP contribution in [-0.4, -0.2) is 48.9 Å². The van der Waals surface area contributed by atoms with Gasteiger partial charge in [0, 0.05) is 16.8 Å². The van der Waals surface area contributed by atoms with E-state index in [1.54, 1.807) is 0 Å². The molecular weight excluding hydrogens is 612 g/mol. The molecule has 2 aromatic carbocycles. The molecule has 4 nitrogen and oxygen atoms in total. The van der Waals surface area contributed by atoms with Crippen molar-refractivity contribution in [2.45, 2.75) is 135 Å². The van der Waals surface area contributed by atoms with Gasteiger partial charge in [-0.15, -0.1) is 0 Å². The fraction of sp³-hybridized carbons (Fsp3) is 0.611. The maximum Gasteiger partial charge on any atom is 0.192 e. The first-order chi connectivity index (χ1) is 19.9. The highest BCUT2D eigenvalue weighted by molar-refractivity contribution is 7.78. The van der Waals surface area contributed by atoms with Gasteiger partial charge >= 0.3 is 0 Å². The van der Waals surface area contributed by atoms with E-state index in [2.05, 4.69) is 100 Å². The molecule has 246 valence electrons. The SMILES string of the molecule is CC1(O[Si](C)(C)C)[C@H](O[Si](C)(C)C(C)(C)C)CC(=CCP(=O)(c2ccccc2)c2ccccc2)C[C@H]1O[Si](C)(C)C(C)(C)C. The Morgan fingerprint density at radius 1 is 0.727 bits per heavy atom. The molecule has 0 N–H and O–H groups in total. The van der Waals surface area contributed by atoms with E-state index in [1.807, 2.05) is 60.7 Å². The van der Waals surface area contributed by atoms with Gasteiger partial charge in [-0.3, -0.25) is 0 Å². The van der Waals surface area contributed by atoms with Crippen LogP contribution < -0.4 is 10.6 Å². The van der Waals surface area contributed by atoms with Gasteiger partial charge in [0.05, 0.1) is 12.2 Å². The molecule has 2 aromatic rings. The summed E-state index contributed by atoms with van der Waals surface area (Å²) in [4.78, 5) is 0. The van der Waals surface area contributed by atoms with Crippen LogP contribution in [0.5, 0.6) is 0 Å². The summed E-state index contributed by atoms with van der Waals surface area (Å²) < 4.78 is 36.8. The highest BCUT2D eigenvalue weighted by atomic mass is 31.2. The first kappa shape index (κ1) is 37.4. The molecule has 1 fully saturated rings. The molecular formula is C36H61O4PSi3. The molecule has 0 amide bonds. The fourth-order valence-corrected chi connectivity index (χ4v) is 12.4. The van der Waals surface area contributed by atoms with Crippen molar-refractivity contribution in [2.75, 3.05) is 6.16 Å². The Morgan fingerprint density at radius 3 is 1.41 bits per heavy atom. The molecule has 1 aliphatic rings. The predicted molar refractivity (Wildman–Crippen MR) is 199 cm³/mol. The van der Waals surface area contributed by atoms with E-state index >= 15 is 0 Å². The van der Waals surface area contributed by atoms with Crippen molar-refractivity contribution in [3.63, 3.8) is 0 Å². The monoisotopic (exact) mass is 672 g/mol. The Balaban J connectivity index is 2.16. The number of rotatable bonds is 10. The standard InChI is InChI=1S/C36H61O4PSi3/c1-34(2,3)43(11,12)38-32-27-29(25-26-41(37,30-21-17-15-18-22-30)31-23-19-16-20-24-31)28-33(36(32,7)40-42(8,9)10)39-44(13,14)35(4,5)6/h15-25,32-33H,26-28H2,1-14H3/t32-,33-,36?/m1/s1. The lowest BCUT2D eigenvalue weighted by Crippen LogP contribution is -2.65. The molecule has 0 unspecified atom stereocenters. The summed E-state index contributed by atoms with van der Waals surface area (Å²) in [6.45, 7) is 32.2. The van der Waals surface area contributed by atoms with Crippen LogP contribution in [0.15, 0.2) is 72.3 Å². The van der Waals surface area contributed by atoms with Crippen molar-refractivity contribution in [3.8, 4) is 0 Å². The van der Waals surface area contributed by atoms with E-state index in [0.717, 1.165) is 23.5 Å². The van der Waals surface area contributed by atoms with Crippen LogP contribution in [0.25, 0.3) is 0 Å². The minimum absolute atomic E-state index is 0.0561. The summed E-state index contributed by atoms with van der Waals surface area (Å²) in [5.74, 6) is 0. The van der Waals surface area contributed by atoms with Gasteiger partial charge in [-0.05, 0) is 75.7 Å². The Hall–Kier alpha value is -1.06. The van der Waals surface area contributed by atoms with Crippen LogP contribution >= 0.6 is 7.14 Å². The lowest BCUT2D eigenvalue weighted by Gasteiger charge is -2.55. The Bertz CT molecular complexity index is 1240. The maximum absolute atomic E-state index is 14.9. The summed E-state index contributed by atoms with van der Waals surface area (Å²) in [7, 11) is -9.22. The molecule has 1 saturated carbocycles.